The quantitative estimate of drug-likeness (QED) is 0.825. The van der Waals surface area contributed by atoms with Crippen molar-refractivity contribution in [3.63, 3.8) is 0 Å². The van der Waals surface area contributed by atoms with E-state index in [1.54, 1.807) is 0 Å². The zero-order chi connectivity index (χ0) is 13.2. The highest BCUT2D eigenvalue weighted by Crippen LogP contribution is 2.31. The molecule has 0 aromatic rings. The number of hydrogen-bond acceptors (Lipinski definition) is 4. The highest BCUT2D eigenvalue weighted by molar-refractivity contribution is 4.93. The first-order chi connectivity index (χ1) is 9.29. The van der Waals surface area contributed by atoms with Gasteiger partial charge in [-0.15, -0.1) is 0 Å². The molecule has 0 bridgehead atoms. The normalized spacial score (nSPS) is 39.2. The lowest BCUT2D eigenvalue weighted by atomic mass is 9.83. The summed E-state index contributed by atoms with van der Waals surface area (Å²) < 4.78 is 5.88. The summed E-state index contributed by atoms with van der Waals surface area (Å²) in [4.78, 5) is 5.21. The molecule has 3 rings (SSSR count). The first-order valence-electron chi connectivity index (χ1n) is 8.05. The zero-order valence-electron chi connectivity index (χ0n) is 12.3. The van der Waals surface area contributed by atoms with Crippen molar-refractivity contribution in [3.05, 3.63) is 0 Å². The molecule has 4 atom stereocenters. The van der Waals surface area contributed by atoms with Crippen LogP contribution in [0.4, 0.5) is 0 Å². The molecule has 0 aromatic heterocycles. The number of fused-ring (bicyclic) bond motifs is 1. The third kappa shape index (κ3) is 2.82. The monoisotopic (exact) mass is 267 g/mol. The summed E-state index contributed by atoms with van der Waals surface area (Å²) in [6.07, 6.45) is 6.87. The Morgan fingerprint density at radius 3 is 2.84 bits per heavy atom. The molecule has 3 aliphatic rings. The van der Waals surface area contributed by atoms with Crippen LogP contribution in [-0.4, -0.2) is 67.8 Å². The summed E-state index contributed by atoms with van der Waals surface area (Å²) in [5.41, 5.74) is 6.05. The molecule has 0 amide bonds. The second-order valence-electron chi connectivity index (χ2n) is 6.59. The van der Waals surface area contributed by atoms with E-state index in [2.05, 4.69) is 16.8 Å². The molecule has 0 aliphatic carbocycles. The number of nitrogens with zero attached hydrogens (tertiary/aromatic N) is 2. The van der Waals surface area contributed by atoms with Crippen LogP contribution < -0.4 is 5.73 Å². The van der Waals surface area contributed by atoms with Crippen LogP contribution in [0.5, 0.6) is 0 Å². The molecule has 3 saturated heterocycles. The van der Waals surface area contributed by atoms with E-state index in [9.17, 15) is 0 Å². The van der Waals surface area contributed by atoms with Crippen molar-refractivity contribution in [2.24, 2.45) is 11.7 Å². The van der Waals surface area contributed by atoms with Crippen LogP contribution in [0.25, 0.3) is 0 Å². The minimum Gasteiger partial charge on any atom is -0.377 e. The lowest BCUT2D eigenvalue weighted by Crippen LogP contribution is -2.58. The van der Waals surface area contributed by atoms with E-state index in [0.717, 1.165) is 25.1 Å². The maximum absolute atomic E-state index is 6.05. The number of likely N-dealkylation sites (tertiary alicyclic amines) is 2. The van der Waals surface area contributed by atoms with E-state index < -0.39 is 0 Å². The Bertz CT molecular complexity index is 293. The predicted molar refractivity (Wildman–Crippen MR) is 77.1 cm³/mol. The standard InChI is InChI=1S/C15H29N3O/c1-17-7-2-4-12-11-18(8-6-13(12)17)14(10-16)15-5-3-9-19-15/h12-15H,2-11,16H2,1H3. The molecule has 0 saturated carbocycles. The Morgan fingerprint density at radius 2 is 2.11 bits per heavy atom. The molecule has 4 heteroatoms. The summed E-state index contributed by atoms with van der Waals surface area (Å²) in [6.45, 7) is 5.40. The number of nitrogens with two attached hydrogens (primary N) is 1. The van der Waals surface area contributed by atoms with E-state index in [0.29, 0.717) is 12.1 Å². The molecule has 0 radical (unpaired) electrons. The minimum atomic E-state index is 0.392. The molecule has 3 fully saturated rings. The number of ether oxygens (including phenoxy) is 1. The van der Waals surface area contributed by atoms with Gasteiger partial charge < -0.3 is 15.4 Å². The molecular formula is C15H29N3O. The summed E-state index contributed by atoms with van der Waals surface area (Å²) in [5, 5.41) is 0. The minimum absolute atomic E-state index is 0.392. The van der Waals surface area contributed by atoms with Crippen molar-refractivity contribution in [1.82, 2.24) is 9.80 Å². The van der Waals surface area contributed by atoms with Crippen molar-refractivity contribution >= 4 is 0 Å². The van der Waals surface area contributed by atoms with Gasteiger partial charge in [0.2, 0.25) is 0 Å². The van der Waals surface area contributed by atoms with Gasteiger partial charge in [-0.05, 0) is 51.6 Å². The lowest BCUT2D eigenvalue weighted by Gasteiger charge is -2.48. The molecule has 3 heterocycles. The summed E-state index contributed by atoms with van der Waals surface area (Å²) in [6, 6.07) is 1.27. The molecule has 110 valence electrons. The van der Waals surface area contributed by atoms with Gasteiger partial charge in [0.25, 0.3) is 0 Å². The largest absolute Gasteiger partial charge is 0.377 e. The first-order valence-corrected chi connectivity index (χ1v) is 8.05. The predicted octanol–water partition coefficient (Wildman–Crippen LogP) is 0.909. The van der Waals surface area contributed by atoms with E-state index >= 15 is 0 Å². The fourth-order valence-corrected chi connectivity index (χ4v) is 4.42. The van der Waals surface area contributed by atoms with Gasteiger partial charge in [0, 0.05) is 38.3 Å². The molecule has 0 aromatic carbocycles. The average Bonchev–Trinajstić information content (AvgIpc) is 2.94. The van der Waals surface area contributed by atoms with Crippen molar-refractivity contribution < 1.29 is 4.74 Å². The van der Waals surface area contributed by atoms with Crippen molar-refractivity contribution in [3.8, 4) is 0 Å². The van der Waals surface area contributed by atoms with Crippen molar-refractivity contribution in [2.75, 3.05) is 39.8 Å². The van der Waals surface area contributed by atoms with Crippen LogP contribution in [0.2, 0.25) is 0 Å². The van der Waals surface area contributed by atoms with Crippen LogP contribution in [0.15, 0.2) is 0 Å². The average molecular weight is 267 g/mol. The number of rotatable bonds is 3. The van der Waals surface area contributed by atoms with Crippen LogP contribution in [0.1, 0.15) is 32.1 Å². The molecule has 2 N–H and O–H groups in total. The van der Waals surface area contributed by atoms with Gasteiger partial charge in [-0.2, -0.15) is 0 Å². The zero-order valence-corrected chi connectivity index (χ0v) is 12.3. The smallest absolute Gasteiger partial charge is 0.0743 e. The van der Waals surface area contributed by atoms with E-state index in [-0.39, 0.29) is 0 Å². The number of piperidine rings is 2. The Kier molecular flexibility index (Phi) is 4.42. The summed E-state index contributed by atoms with van der Waals surface area (Å²) in [7, 11) is 2.30. The second kappa shape index (κ2) is 6.08. The third-order valence-electron chi connectivity index (χ3n) is 5.48. The highest BCUT2D eigenvalue weighted by atomic mass is 16.5. The third-order valence-corrected chi connectivity index (χ3v) is 5.48. The fourth-order valence-electron chi connectivity index (χ4n) is 4.42. The maximum atomic E-state index is 6.05. The van der Waals surface area contributed by atoms with Gasteiger partial charge in [-0.25, -0.2) is 0 Å². The topological polar surface area (TPSA) is 41.7 Å². The maximum Gasteiger partial charge on any atom is 0.0743 e. The van der Waals surface area contributed by atoms with E-state index in [4.69, 9.17) is 10.5 Å². The molecule has 3 aliphatic heterocycles. The van der Waals surface area contributed by atoms with Crippen molar-refractivity contribution in [2.45, 2.75) is 50.3 Å². The van der Waals surface area contributed by atoms with Crippen LogP contribution in [0.3, 0.4) is 0 Å². The lowest BCUT2D eigenvalue weighted by molar-refractivity contribution is -0.0227. The molecule has 4 nitrogen and oxygen atoms in total. The Morgan fingerprint density at radius 1 is 1.21 bits per heavy atom. The molecule has 19 heavy (non-hydrogen) atoms. The highest BCUT2D eigenvalue weighted by Gasteiger charge is 2.38. The van der Waals surface area contributed by atoms with Gasteiger partial charge in [0.05, 0.1) is 6.10 Å². The Labute approximate surface area is 117 Å². The van der Waals surface area contributed by atoms with Crippen LogP contribution in [0, 0.1) is 5.92 Å². The SMILES string of the molecule is CN1CCCC2CN(C(CN)C3CCCO3)CCC21. The molecular weight excluding hydrogens is 238 g/mol. The van der Waals surface area contributed by atoms with Crippen molar-refractivity contribution in [1.29, 1.82) is 0 Å². The van der Waals surface area contributed by atoms with Crippen LogP contribution in [-0.2, 0) is 4.74 Å². The second-order valence-corrected chi connectivity index (χ2v) is 6.59. The first kappa shape index (κ1) is 13.8. The summed E-state index contributed by atoms with van der Waals surface area (Å²) >= 11 is 0. The fraction of sp³-hybridized carbons (Fsp3) is 1.00. The van der Waals surface area contributed by atoms with E-state index in [1.165, 1.54) is 51.7 Å². The van der Waals surface area contributed by atoms with Crippen LogP contribution >= 0.6 is 0 Å². The Balaban J connectivity index is 1.62. The van der Waals surface area contributed by atoms with Gasteiger partial charge in [-0.3, -0.25) is 4.90 Å². The van der Waals surface area contributed by atoms with Gasteiger partial charge >= 0.3 is 0 Å². The van der Waals surface area contributed by atoms with Gasteiger partial charge in [0.15, 0.2) is 0 Å². The van der Waals surface area contributed by atoms with Gasteiger partial charge in [0.1, 0.15) is 0 Å². The number of hydrogen-bond donors (Lipinski definition) is 1. The molecule has 4 unspecified atom stereocenters. The summed E-state index contributed by atoms with van der Waals surface area (Å²) in [5.74, 6) is 0.850. The molecule has 0 spiro atoms. The van der Waals surface area contributed by atoms with Gasteiger partial charge in [-0.1, -0.05) is 0 Å². The van der Waals surface area contributed by atoms with E-state index in [1.807, 2.05) is 0 Å². The Hall–Kier alpha value is -0.160.